The van der Waals surface area contributed by atoms with Crippen LogP contribution in [0.5, 0.6) is 0 Å². The third-order valence-corrected chi connectivity index (χ3v) is 5.26. The van der Waals surface area contributed by atoms with E-state index in [1.807, 2.05) is 17.7 Å². The third-order valence-electron chi connectivity index (χ3n) is 5.26. The number of piperidine rings is 1. The van der Waals surface area contributed by atoms with E-state index in [1.165, 1.54) is 0 Å². The Kier molecular flexibility index (Phi) is 6.01. The van der Waals surface area contributed by atoms with Crippen molar-refractivity contribution in [2.45, 2.75) is 39.7 Å². The highest BCUT2D eigenvalue weighted by Crippen LogP contribution is 2.30. The van der Waals surface area contributed by atoms with Gasteiger partial charge >= 0.3 is 0 Å². The minimum Gasteiger partial charge on any atom is -0.356 e. The van der Waals surface area contributed by atoms with E-state index >= 15 is 0 Å². The third kappa shape index (κ3) is 4.64. The monoisotopic (exact) mass is 410 g/mol. The Hall–Kier alpha value is -3.30. The molecule has 0 bridgehead atoms. The van der Waals surface area contributed by atoms with Crippen LogP contribution in [0.2, 0.25) is 0 Å². The second kappa shape index (κ2) is 9.02. The van der Waals surface area contributed by atoms with Crippen LogP contribution in [0.3, 0.4) is 0 Å². The summed E-state index contributed by atoms with van der Waals surface area (Å²) in [5.41, 5.74) is 0.726. The summed E-state index contributed by atoms with van der Waals surface area (Å²) in [6, 6.07) is 0. The zero-order chi connectivity index (χ0) is 20.9. The number of anilines is 1. The molecule has 1 aliphatic rings. The van der Waals surface area contributed by atoms with Crippen molar-refractivity contribution in [3.05, 3.63) is 36.6 Å². The van der Waals surface area contributed by atoms with Crippen molar-refractivity contribution in [2.24, 2.45) is 5.92 Å². The van der Waals surface area contributed by atoms with Gasteiger partial charge < -0.3 is 19.3 Å². The number of amides is 1. The molecule has 4 heterocycles. The second-order valence-corrected chi connectivity index (χ2v) is 7.51. The van der Waals surface area contributed by atoms with E-state index in [4.69, 9.17) is 4.52 Å². The molecule has 0 aromatic carbocycles. The number of rotatable bonds is 7. The lowest BCUT2D eigenvalue weighted by Crippen LogP contribution is -2.41. The lowest BCUT2D eigenvalue weighted by Gasteiger charge is -2.32. The Labute approximate surface area is 174 Å². The quantitative estimate of drug-likeness (QED) is 0.586. The van der Waals surface area contributed by atoms with Crippen LogP contribution in [0.15, 0.2) is 29.4 Å². The highest BCUT2D eigenvalue weighted by molar-refractivity contribution is 5.79. The Morgan fingerprint density at radius 3 is 2.77 bits per heavy atom. The van der Waals surface area contributed by atoms with Gasteiger partial charge in [-0.3, -0.25) is 4.79 Å². The van der Waals surface area contributed by atoms with Crippen molar-refractivity contribution in [3.63, 3.8) is 0 Å². The van der Waals surface area contributed by atoms with Crippen molar-refractivity contribution in [2.75, 3.05) is 24.5 Å². The van der Waals surface area contributed by atoms with Crippen LogP contribution in [-0.2, 0) is 11.3 Å². The van der Waals surface area contributed by atoms with Crippen LogP contribution in [0, 0.1) is 19.8 Å². The van der Waals surface area contributed by atoms with Crippen molar-refractivity contribution >= 4 is 11.7 Å². The molecule has 0 radical (unpaired) electrons. The Morgan fingerprint density at radius 1 is 1.23 bits per heavy atom. The molecule has 0 atom stereocenters. The van der Waals surface area contributed by atoms with Gasteiger partial charge in [0.05, 0.1) is 6.33 Å². The molecule has 4 rings (SSSR count). The van der Waals surface area contributed by atoms with Crippen LogP contribution in [-0.4, -0.2) is 55.2 Å². The normalized spacial score (nSPS) is 14.8. The summed E-state index contributed by atoms with van der Waals surface area (Å²) in [6.45, 7) is 6.64. The minimum absolute atomic E-state index is 0.0199. The van der Waals surface area contributed by atoms with E-state index in [0.717, 1.165) is 50.3 Å². The molecule has 1 fully saturated rings. The van der Waals surface area contributed by atoms with Crippen molar-refractivity contribution in [1.29, 1.82) is 0 Å². The molecule has 10 nitrogen and oxygen atoms in total. The van der Waals surface area contributed by atoms with Gasteiger partial charge in [0.2, 0.25) is 5.91 Å². The van der Waals surface area contributed by atoms with E-state index in [-0.39, 0.29) is 11.8 Å². The number of hydrogen-bond acceptors (Lipinski definition) is 8. The number of aryl methyl sites for hydroxylation is 3. The standard InChI is InChI=1S/C20H26N8O2/c1-14-23-12-17(20-25-15(2)26-30-20)18(24-14)28-9-4-16(5-10-28)19(29)22-6-3-8-27-11-7-21-13-27/h7,11-13,16H,3-6,8-10H2,1-2H3,(H,22,29). The van der Waals surface area contributed by atoms with E-state index in [9.17, 15) is 4.79 Å². The molecule has 158 valence electrons. The first-order chi connectivity index (χ1) is 14.6. The van der Waals surface area contributed by atoms with E-state index < -0.39 is 0 Å². The van der Waals surface area contributed by atoms with Crippen molar-refractivity contribution in [3.8, 4) is 11.5 Å². The summed E-state index contributed by atoms with van der Waals surface area (Å²) in [7, 11) is 0. The molecule has 0 unspecified atom stereocenters. The molecule has 0 saturated carbocycles. The molecule has 0 spiro atoms. The maximum atomic E-state index is 12.5. The highest BCUT2D eigenvalue weighted by Gasteiger charge is 2.28. The number of imidazole rings is 1. The van der Waals surface area contributed by atoms with Gasteiger partial charge in [-0.15, -0.1) is 0 Å². The van der Waals surface area contributed by atoms with Crippen molar-refractivity contribution < 1.29 is 9.32 Å². The summed E-state index contributed by atoms with van der Waals surface area (Å²) in [5, 5.41) is 6.94. The molecule has 3 aromatic rings. The molecular formula is C20H26N8O2. The lowest BCUT2D eigenvalue weighted by molar-refractivity contribution is -0.125. The Morgan fingerprint density at radius 2 is 2.07 bits per heavy atom. The first kappa shape index (κ1) is 20.0. The molecule has 1 N–H and O–H groups in total. The van der Waals surface area contributed by atoms with Gasteiger partial charge in [0.25, 0.3) is 5.89 Å². The minimum atomic E-state index is 0.0199. The Balaban J connectivity index is 1.32. The van der Waals surface area contributed by atoms with Crippen LogP contribution in [0.4, 0.5) is 5.82 Å². The SMILES string of the molecule is Cc1noc(-c2cnc(C)nc2N2CCC(C(=O)NCCCn3ccnc3)CC2)n1. The van der Waals surface area contributed by atoms with E-state index in [2.05, 4.69) is 35.3 Å². The molecule has 1 amide bonds. The average molecular weight is 410 g/mol. The van der Waals surface area contributed by atoms with Crippen molar-refractivity contribution in [1.82, 2.24) is 35.0 Å². The summed E-state index contributed by atoms with van der Waals surface area (Å²) < 4.78 is 7.34. The first-order valence-electron chi connectivity index (χ1n) is 10.2. The predicted molar refractivity (Wildman–Crippen MR) is 110 cm³/mol. The molecule has 3 aromatic heterocycles. The number of carbonyl (C=O) groups is 1. The topological polar surface area (TPSA) is 115 Å². The first-order valence-corrected chi connectivity index (χ1v) is 10.2. The number of hydrogen-bond donors (Lipinski definition) is 1. The molecule has 1 saturated heterocycles. The van der Waals surface area contributed by atoms with Crippen LogP contribution in [0.1, 0.15) is 30.9 Å². The fourth-order valence-electron chi connectivity index (χ4n) is 3.65. The fraction of sp³-hybridized carbons (Fsp3) is 0.500. The van der Waals surface area contributed by atoms with Gasteiger partial charge in [-0.2, -0.15) is 4.98 Å². The van der Waals surface area contributed by atoms with Gasteiger partial charge in [-0.05, 0) is 33.1 Å². The molecule has 10 heteroatoms. The smallest absolute Gasteiger partial charge is 0.263 e. The molecule has 30 heavy (non-hydrogen) atoms. The average Bonchev–Trinajstić information content (AvgIpc) is 3.43. The predicted octanol–water partition coefficient (Wildman–Crippen LogP) is 1.76. The summed E-state index contributed by atoms with van der Waals surface area (Å²) in [5.74, 6) is 2.60. The van der Waals surface area contributed by atoms with Crippen LogP contribution >= 0.6 is 0 Å². The fourth-order valence-corrected chi connectivity index (χ4v) is 3.65. The number of aromatic nitrogens is 6. The number of nitrogens with zero attached hydrogens (tertiary/aromatic N) is 7. The maximum Gasteiger partial charge on any atom is 0.263 e. The molecule has 1 aliphatic heterocycles. The second-order valence-electron chi connectivity index (χ2n) is 7.51. The Bertz CT molecular complexity index is 977. The highest BCUT2D eigenvalue weighted by atomic mass is 16.5. The lowest BCUT2D eigenvalue weighted by atomic mass is 9.95. The van der Waals surface area contributed by atoms with E-state index in [1.54, 1.807) is 25.6 Å². The van der Waals surface area contributed by atoms with Gasteiger partial charge in [-0.1, -0.05) is 5.16 Å². The summed E-state index contributed by atoms with van der Waals surface area (Å²) in [6.07, 6.45) is 9.64. The van der Waals surface area contributed by atoms with Gasteiger partial charge in [0.1, 0.15) is 17.2 Å². The summed E-state index contributed by atoms with van der Waals surface area (Å²) in [4.78, 5) is 32.0. The molecular weight excluding hydrogens is 384 g/mol. The number of carbonyl (C=O) groups excluding carboxylic acids is 1. The maximum absolute atomic E-state index is 12.5. The number of nitrogens with one attached hydrogen (secondary N) is 1. The van der Waals surface area contributed by atoms with Gasteiger partial charge in [0.15, 0.2) is 5.82 Å². The van der Waals surface area contributed by atoms with Crippen LogP contribution < -0.4 is 10.2 Å². The van der Waals surface area contributed by atoms with E-state index in [0.29, 0.717) is 24.1 Å². The van der Waals surface area contributed by atoms with Gasteiger partial charge in [-0.25, -0.2) is 15.0 Å². The van der Waals surface area contributed by atoms with Crippen LogP contribution in [0.25, 0.3) is 11.5 Å². The molecule has 0 aliphatic carbocycles. The van der Waals surface area contributed by atoms with Gasteiger partial charge in [0, 0.05) is 50.7 Å². The largest absolute Gasteiger partial charge is 0.356 e. The summed E-state index contributed by atoms with van der Waals surface area (Å²) >= 11 is 0. The zero-order valence-electron chi connectivity index (χ0n) is 17.3. The zero-order valence-corrected chi connectivity index (χ0v) is 17.3.